The average molecular weight is 308 g/mol. The van der Waals surface area contributed by atoms with Crippen LogP contribution >= 0.6 is 11.8 Å². The highest BCUT2D eigenvalue weighted by Gasteiger charge is 2.16. The molecule has 8 nitrogen and oxygen atoms in total. The Morgan fingerprint density at radius 1 is 1.05 bits per heavy atom. The molecule has 0 amide bonds. The third kappa shape index (κ3) is 3.66. The zero-order valence-corrected chi connectivity index (χ0v) is 14.0. The highest BCUT2D eigenvalue weighted by Crippen LogP contribution is 2.26. The quantitative estimate of drug-likeness (QED) is 0.826. The molecule has 0 aromatic carbocycles. The molecule has 2 aromatic rings. The second-order valence-electron chi connectivity index (χ2n) is 5.43. The Morgan fingerprint density at radius 3 is 2.33 bits per heavy atom. The zero-order valence-electron chi connectivity index (χ0n) is 13.1. The lowest BCUT2D eigenvalue weighted by Gasteiger charge is -2.14. The number of rotatable bonds is 5. The van der Waals surface area contributed by atoms with Crippen molar-refractivity contribution in [3.8, 4) is 0 Å². The Hall–Kier alpha value is -1.77. The van der Waals surface area contributed by atoms with Crippen LogP contribution in [0.15, 0.2) is 10.3 Å². The van der Waals surface area contributed by atoms with Gasteiger partial charge in [0.25, 0.3) is 0 Å². The predicted molar refractivity (Wildman–Crippen MR) is 80.6 cm³/mol. The van der Waals surface area contributed by atoms with Crippen molar-refractivity contribution in [2.24, 2.45) is 0 Å². The van der Waals surface area contributed by atoms with Crippen LogP contribution in [0.4, 0.5) is 5.95 Å². The van der Waals surface area contributed by atoms with Gasteiger partial charge in [-0.15, -0.1) is 5.10 Å². The maximum absolute atomic E-state index is 4.50. The fourth-order valence-electron chi connectivity index (χ4n) is 1.52. The van der Waals surface area contributed by atoms with Gasteiger partial charge in [0.1, 0.15) is 5.82 Å². The fraction of sp³-hybridized carbons (Fsp3) is 0.667. The average Bonchev–Trinajstić information content (AvgIpc) is 2.86. The Morgan fingerprint density at radius 2 is 1.76 bits per heavy atom. The summed E-state index contributed by atoms with van der Waals surface area (Å²) in [6.45, 7) is 8.17. The summed E-state index contributed by atoms with van der Waals surface area (Å²) in [7, 11) is 3.82. The summed E-state index contributed by atoms with van der Waals surface area (Å²) in [5, 5.41) is 13.0. The van der Waals surface area contributed by atoms with Crippen molar-refractivity contribution in [3.63, 3.8) is 0 Å². The molecule has 0 aliphatic rings. The molecule has 0 unspecified atom stereocenters. The number of anilines is 1. The van der Waals surface area contributed by atoms with Crippen molar-refractivity contribution in [2.45, 2.75) is 50.0 Å². The van der Waals surface area contributed by atoms with E-state index in [1.54, 1.807) is 4.68 Å². The lowest BCUT2D eigenvalue weighted by atomic mass is 10.2. The molecule has 0 N–H and O–H groups in total. The van der Waals surface area contributed by atoms with Crippen LogP contribution in [0.1, 0.15) is 45.5 Å². The summed E-state index contributed by atoms with van der Waals surface area (Å²) in [4.78, 5) is 15.3. The van der Waals surface area contributed by atoms with Crippen LogP contribution in [0.2, 0.25) is 0 Å². The molecule has 2 heterocycles. The first-order valence-corrected chi connectivity index (χ1v) is 7.59. The number of nitrogens with zero attached hydrogens (tertiary/aromatic N) is 8. The summed E-state index contributed by atoms with van der Waals surface area (Å²) in [5.74, 6) is 1.63. The van der Waals surface area contributed by atoms with Gasteiger partial charge >= 0.3 is 0 Å². The molecule has 0 bridgehead atoms. The normalized spacial score (nSPS) is 11.4. The van der Waals surface area contributed by atoms with Gasteiger partial charge in [-0.2, -0.15) is 9.97 Å². The van der Waals surface area contributed by atoms with E-state index in [0.717, 1.165) is 5.82 Å². The molecule has 0 atom stereocenters. The first-order valence-electron chi connectivity index (χ1n) is 6.77. The van der Waals surface area contributed by atoms with E-state index in [2.05, 4.69) is 44.3 Å². The van der Waals surface area contributed by atoms with Crippen molar-refractivity contribution >= 4 is 17.7 Å². The van der Waals surface area contributed by atoms with E-state index in [4.69, 9.17) is 0 Å². The number of tetrazole rings is 1. The molecule has 114 valence electrons. The topological polar surface area (TPSA) is 85.5 Å². The number of aromatic nitrogens is 7. The molecule has 21 heavy (non-hydrogen) atoms. The van der Waals surface area contributed by atoms with Gasteiger partial charge in [0.15, 0.2) is 0 Å². The number of hydrogen-bond acceptors (Lipinski definition) is 8. The van der Waals surface area contributed by atoms with Crippen LogP contribution in [0.25, 0.3) is 0 Å². The second kappa shape index (κ2) is 6.33. The van der Waals surface area contributed by atoms with Crippen LogP contribution in [0, 0.1) is 0 Å². The zero-order chi connectivity index (χ0) is 15.6. The first-order chi connectivity index (χ1) is 9.88. The SMILES string of the molecule is CC(C)c1nc(Sc2nnnn2C(C)C)nc(N(C)C)n1. The van der Waals surface area contributed by atoms with Gasteiger partial charge in [-0.05, 0) is 36.0 Å². The van der Waals surface area contributed by atoms with Gasteiger partial charge in [0.05, 0.1) is 6.04 Å². The Balaban J connectivity index is 2.36. The maximum Gasteiger partial charge on any atom is 0.229 e. The summed E-state index contributed by atoms with van der Waals surface area (Å²) in [6.07, 6.45) is 0. The second-order valence-corrected chi connectivity index (χ2v) is 6.36. The molecule has 0 aliphatic heterocycles. The Bertz CT molecular complexity index is 581. The van der Waals surface area contributed by atoms with Gasteiger partial charge in [-0.3, -0.25) is 0 Å². The van der Waals surface area contributed by atoms with Crippen molar-refractivity contribution in [3.05, 3.63) is 5.82 Å². The molecule has 9 heteroatoms. The minimum atomic E-state index is 0.183. The highest BCUT2D eigenvalue weighted by molar-refractivity contribution is 7.99. The van der Waals surface area contributed by atoms with Crippen molar-refractivity contribution in [1.29, 1.82) is 0 Å². The van der Waals surface area contributed by atoms with Crippen molar-refractivity contribution in [1.82, 2.24) is 35.2 Å². The molecular weight excluding hydrogens is 288 g/mol. The van der Waals surface area contributed by atoms with Gasteiger partial charge < -0.3 is 4.90 Å². The molecule has 0 aliphatic carbocycles. The number of hydrogen-bond donors (Lipinski definition) is 0. The Labute approximate surface area is 128 Å². The highest BCUT2D eigenvalue weighted by atomic mass is 32.2. The first kappa shape index (κ1) is 15.6. The summed E-state index contributed by atoms with van der Waals surface area (Å²) in [5.41, 5.74) is 0. The van der Waals surface area contributed by atoms with E-state index in [1.807, 2.05) is 32.8 Å². The lowest BCUT2D eigenvalue weighted by Crippen LogP contribution is -2.16. The van der Waals surface area contributed by atoms with Crippen molar-refractivity contribution < 1.29 is 0 Å². The molecule has 0 radical (unpaired) electrons. The molecule has 0 spiro atoms. The minimum Gasteiger partial charge on any atom is -0.347 e. The van der Waals surface area contributed by atoms with E-state index in [-0.39, 0.29) is 12.0 Å². The van der Waals surface area contributed by atoms with Gasteiger partial charge in [-0.1, -0.05) is 13.8 Å². The van der Waals surface area contributed by atoms with Gasteiger partial charge in [0.2, 0.25) is 16.3 Å². The van der Waals surface area contributed by atoms with Crippen LogP contribution < -0.4 is 4.90 Å². The standard InChI is InChI=1S/C12H20N8S/c1-7(2)9-13-10(19(5)6)15-11(14-9)21-12-16-17-18-20(12)8(3)4/h7-8H,1-6H3. The molecule has 0 fully saturated rings. The lowest BCUT2D eigenvalue weighted by molar-refractivity contribution is 0.477. The monoisotopic (exact) mass is 308 g/mol. The molecule has 0 saturated carbocycles. The van der Waals surface area contributed by atoms with E-state index >= 15 is 0 Å². The molecule has 2 rings (SSSR count). The van der Waals surface area contributed by atoms with Crippen LogP contribution in [0.3, 0.4) is 0 Å². The van der Waals surface area contributed by atoms with Crippen LogP contribution in [-0.2, 0) is 0 Å². The van der Waals surface area contributed by atoms with E-state index in [1.165, 1.54) is 11.8 Å². The van der Waals surface area contributed by atoms with Crippen LogP contribution in [-0.4, -0.2) is 49.3 Å². The summed E-state index contributed by atoms with van der Waals surface area (Å²) < 4.78 is 1.75. The van der Waals surface area contributed by atoms with Crippen LogP contribution in [0.5, 0.6) is 0 Å². The third-order valence-electron chi connectivity index (χ3n) is 2.67. The van der Waals surface area contributed by atoms with Crippen molar-refractivity contribution in [2.75, 3.05) is 19.0 Å². The van der Waals surface area contributed by atoms with E-state index in [9.17, 15) is 0 Å². The maximum atomic E-state index is 4.50. The fourth-order valence-corrected chi connectivity index (χ4v) is 2.37. The molecule has 2 aromatic heterocycles. The third-order valence-corrected chi connectivity index (χ3v) is 3.49. The molecule has 0 saturated heterocycles. The largest absolute Gasteiger partial charge is 0.347 e. The predicted octanol–water partition coefficient (Wildman–Crippen LogP) is 1.78. The Kier molecular flexibility index (Phi) is 4.71. The van der Waals surface area contributed by atoms with Gasteiger partial charge in [-0.25, -0.2) is 9.67 Å². The minimum absolute atomic E-state index is 0.183. The summed E-state index contributed by atoms with van der Waals surface area (Å²) >= 11 is 1.35. The molecular formula is C12H20N8S. The smallest absolute Gasteiger partial charge is 0.229 e. The van der Waals surface area contributed by atoms with E-state index < -0.39 is 0 Å². The summed E-state index contributed by atoms with van der Waals surface area (Å²) in [6, 6.07) is 0.183. The van der Waals surface area contributed by atoms with E-state index in [0.29, 0.717) is 16.3 Å². The van der Waals surface area contributed by atoms with Gasteiger partial charge in [0, 0.05) is 20.0 Å².